The van der Waals surface area contributed by atoms with Crippen molar-refractivity contribution >= 4 is 17.7 Å². The Morgan fingerprint density at radius 2 is 2.32 bits per heavy atom. The molecule has 3 rings (SSSR count). The van der Waals surface area contributed by atoms with Crippen molar-refractivity contribution in [3.63, 3.8) is 0 Å². The number of hydrogen-bond donors (Lipinski definition) is 2. The zero-order valence-corrected chi connectivity index (χ0v) is 10.6. The highest BCUT2D eigenvalue weighted by atomic mass is 32.2. The van der Waals surface area contributed by atoms with E-state index in [4.69, 9.17) is 5.11 Å². The molecule has 0 radical (unpaired) electrons. The lowest BCUT2D eigenvalue weighted by Crippen LogP contribution is -2.16. The third-order valence-electron chi connectivity index (χ3n) is 2.80. The van der Waals surface area contributed by atoms with Crippen molar-refractivity contribution in [1.82, 2.24) is 19.7 Å². The Morgan fingerprint density at radius 1 is 1.53 bits per heavy atom. The van der Waals surface area contributed by atoms with Crippen molar-refractivity contribution in [3.05, 3.63) is 34.5 Å². The summed E-state index contributed by atoms with van der Waals surface area (Å²) in [7, 11) is 0. The average Bonchev–Trinajstić information content (AvgIpc) is 3.15. The second-order valence-corrected chi connectivity index (χ2v) is 5.20. The van der Waals surface area contributed by atoms with Crippen LogP contribution in [-0.2, 0) is 0 Å². The zero-order chi connectivity index (χ0) is 13.4. The number of pyridine rings is 1. The molecule has 1 aliphatic rings. The molecule has 2 aromatic heterocycles. The minimum absolute atomic E-state index is 0.102. The minimum Gasteiger partial charge on any atom is -0.478 e. The molecular formula is C11H10N4O3S. The van der Waals surface area contributed by atoms with Crippen molar-refractivity contribution in [1.29, 1.82) is 0 Å². The fourth-order valence-corrected chi connectivity index (χ4v) is 2.74. The average molecular weight is 278 g/mol. The molecular weight excluding hydrogens is 268 g/mol. The van der Waals surface area contributed by atoms with Gasteiger partial charge in [0.1, 0.15) is 0 Å². The van der Waals surface area contributed by atoms with Crippen molar-refractivity contribution in [2.24, 2.45) is 0 Å². The van der Waals surface area contributed by atoms with Crippen molar-refractivity contribution in [2.75, 3.05) is 0 Å². The van der Waals surface area contributed by atoms with Crippen molar-refractivity contribution in [3.8, 4) is 0 Å². The molecule has 8 heteroatoms. The standard InChI is InChI=1S/C11H10N4O3S/c16-9(17)7-5-12-4-3-8(7)19-11-14-13-10(18)15(11)6-1-2-6/h3-6H,1-2H2,(H,13,18)(H,16,17). The molecule has 0 atom stereocenters. The van der Waals surface area contributed by atoms with Gasteiger partial charge in [0.15, 0.2) is 5.16 Å². The van der Waals surface area contributed by atoms with E-state index in [-0.39, 0.29) is 17.3 Å². The fourth-order valence-electron chi connectivity index (χ4n) is 1.75. The van der Waals surface area contributed by atoms with Crippen LogP contribution >= 0.6 is 11.8 Å². The van der Waals surface area contributed by atoms with Crippen LogP contribution in [-0.4, -0.2) is 30.8 Å². The molecule has 2 heterocycles. The third-order valence-corrected chi connectivity index (χ3v) is 3.84. The molecule has 1 fully saturated rings. The van der Waals surface area contributed by atoms with Crippen LogP contribution in [0.15, 0.2) is 33.3 Å². The molecule has 98 valence electrons. The van der Waals surface area contributed by atoms with Gasteiger partial charge in [0.2, 0.25) is 0 Å². The van der Waals surface area contributed by atoms with Gasteiger partial charge in [0.05, 0.1) is 5.56 Å². The number of aromatic nitrogens is 4. The van der Waals surface area contributed by atoms with Crippen LogP contribution in [0.3, 0.4) is 0 Å². The number of H-pyrrole nitrogens is 1. The molecule has 1 aliphatic carbocycles. The number of carboxylic acids is 1. The summed E-state index contributed by atoms with van der Waals surface area (Å²) in [6.07, 6.45) is 4.71. The monoisotopic (exact) mass is 278 g/mol. The first-order valence-electron chi connectivity index (χ1n) is 5.69. The van der Waals surface area contributed by atoms with Gasteiger partial charge >= 0.3 is 11.7 Å². The Bertz CT molecular complexity index is 689. The normalized spacial score (nSPS) is 14.5. The topological polar surface area (TPSA) is 101 Å². The summed E-state index contributed by atoms with van der Waals surface area (Å²) in [5.41, 5.74) is -0.152. The summed E-state index contributed by atoms with van der Waals surface area (Å²) in [4.78, 5) is 27.0. The first kappa shape index (κ1) is 12.0. The van der Waals surface area contributed by atoms with Gasteiger partial charge in [-0.3, -0.25) is 9.55 Å². The van der Waals surface area contributed by atoms with Crippen LogP contribution in [0.25, 0.3) is 0 Å². The molecule has 0 aliphatic heterocycles. The molecule has 0 spiro atoms. The first-order chi connectivity index (χ1) is 9.16. The van der Waals surface area contributed by atoms with E-state index < -0.39 is 5.97 Å². The van der Waals surface area contributed by atoms with E-state index >= 15 is 0 Å². The highest BCUT2D eigenvalue weighted by Gasteiger charge is 2.29. The lowest BCUT2D eigenvalue weighted by Gasteiger charge is -2.05. The lowest BCUT2D eigenvalue weighted by atomic mass is 10.3. The molecule has 1 saturated carbocycles. The summed E-state index contributed by atoms with van der Waals surface area (Å²) < 4.78 is 1.58. The van der Waals surface area contributed by atoms with E-state index in [1.54, 1.807) is 10.6 Å². The number of carbonyl (C=O) groups is 1. The maximum atomic E-state index is 11.6. The number of rotatable bonds is 4. The molecule has 0 bridgehead atoms. The summed E-state index contributed by atoms with van der Waals surface area (Å²) in [6, 6.07) is 1.79. The lowest BCUT2D eigenvalue weighted by molar-refractivity contribution is 0.0692. The molecule has 0 unspecified atom stereocenters. The van der Waals surface area contributed by atoms with Crippen LogP contribution < -0.4 is 5.69 Å². The summed E-state index contributed by atoms with van der Waals surface area (Å²) in [6.45, 7) is 0. The minimum atomic E-state index is -1.05. The number of hydrogen-bond acceptors (Lipinski definition) is 5. The van der Waals surface area contributed by atoms with E-state index in [0.717, 1.165) is 24.6 Å². The smallest absolute Gasteiger partial charge is 0.344 e. The van der Waals surface area contributed by atoms with E-state index in [1.807, 2.05) is 0 Å². The van der Waals surface area contributed by atoms with Crippen LogP contribution in [0.1, 0.15) is 29.2 Å². The van der Waals surface area contributed by atoms with Gasteiger partial charge in [-0.15, -0.1) is 5.10 Å². The highest BCUT2D eigenvalue weighted by molar-refractivity contribution is 7.99. The summed E-state index contributed by atoms with van der Waals surface area (Å²) >= 11 is 1.16. The number of carboxylic acid groups (broad SMARTS) is 1. The van der Waals surface area contributed by atoms with E-state index in [2.05, 4.69) is 15.2 Å². The van der Waals surface area contributed by atoms with E-state index in [0.29, 0.717) is 10.1 Å². The number of nitrogens with zero attached hydrogens (tertiary/aromatic N) is 3. The first-order valence-corrected chi connectivity index (χ1v) is 6.50. The maximum Gasteiger partial charge on any atom is 0.344 e. The second-order valence-electron chi connectivity index (χ2n) is 4.19. The molecule has 0 saturated heterocycles. The molecule has 2 N–H and O–H groups in total. The molecule has 2 aromatic rings. The van der Waals surface area contributed by atoms with Crippen LogP contribution in [0, 0.1) is 0 Å². The number of nitrogens with one attached hydrogen (secondary N) is 1. The third kappa shape index (κ3) is 2.26. The van der Waals surface area contributed by atoms with Crippen LogP contribution in [0.2, 0.25) is 0 Å². The molecule has 19 heavy (non-hydrogen) atoms. The second kappa shape index (κ2) is 4.54. The largest absolute Gasteiger partial charge is 0.478 e. The van der Waals surface area contributed by atoms with Crippen molar-refractivity contribution < 1.29 is 9.90 Å². The van der Waals surface area contributed by atoms with Gasteiger partial charge in [-0.1, -0.05) is 0 Å². The van der Waals surface area contributed by atoms with Crippen LogP contribution in [0.4, 0.5) is 0 Å². The van der Waals surface area contributed by atoms with E-state index in [1.165, 1.54) is 12.4 Å². The van der Waals surface area contributed by atoms with Crippen molar-refractivity contribution in [2.45, 2.75) is 28.9 Å². The predicted octanol–water partition coefficient (Wildman–Crippen LogP) is 1.15. The Labute approximate surface area is 111 Å². The quantitative estimate of drug-likeness (QED) is 0.870. The molecule has 0 aromatic carbocycles. The molecule has 0 amide bonds. The molecule has 7 nitrogen and oxygen atoms in total. The van der Waals surface area contributed by atoms with Gasteiger partial charge < -0.3 is 5.11 Å². The van der Waals surface area contributed by atoms with Gasteiger partial charge in [-0.2, -0.15) is 0 Å². The maximum absolute atomic E-state index is 11.6. The van der Waals surface area contributed by atoms with Gasteiger partial charge in [-0.25, -0.2) is 14.7 Å². The SMILES string of the molecule is O=C(O)c1cnccc1Sc1n[nH]c(=O)n1C1CC1. The van der Waals surface area contributed by atoms with Crippen LogP contribution in [0.5, 0.6) is 0 Å². The zero-order valence-electron chi connectivity index (χ0n) is 9.74. The van der Waals surface area contributed by atoms with Gasteiger partial charge in [0, 0.05) is 23.3 Å². The van der Waals surface area contributed by atoms with Gasteiger partial charge in [-0.05, 0) is 30.7 Å². The number of aromatic carboxylic acids is 1. The van der Waals surface area contributed by atoms with E-state index in [9.17, 15) is 9.59 Å². The Morgan fingerprint density at radius 3 is 3.00 bits per heavy atom. The van der Waals surface area contributed by atoms with Gasteiger partial charge in [0.25, 0.3) is 0 Å². The summed E-state index contributed by atoms with van der Waals surface area (Å²) in [5, 5.41) is 15.9. The Balaban J connectivity index is 1.98. The predicted molar refractivity (Wildman–Crippen MR) is 66.4 cm³/mol. The Hall–Kier alpha value is -2.09. The number of aromatic amines is 1. The summed E-state index contributed by atoms with van der Waals surface area (Å²) in [5.74, 6) is -1.05. The highest BCUT2D eigenvalue weighted by Crippen LogP contribution is 2.38. The fraction of sp³-hybridized carbons (Fsp3) is 0.273. The Kier molecular flexibility index (Phi) is 2.86.